The van der Waals surface area contributed by atoms with Crippen LogP contribution in [0.25, 0.3) is 0 Å². The molecule has 0 heterocycles. The van der Waals surface area contributed by atoms with Gasteiger partial charge in [0.25, 0.3) is 0 Å². The SMILES string of the molecule is CCCC(O)N(C(O)CCC)C(O)CCC.OB(O)O. The highest BCUT2D eigenvalue weighted by molar-refractivity contribution is 6.30. The molecule has 0 amide bonds. The van der Waals surface area contributed by atoms with Crippen molar-refractivity contribution >= 4 is 7.32 Å². The number of hydrogen-bond acceptors (Lipinski definition) is 7. The normalized spacial score (nSPS) is 15.3. The van der Waals surface area contributed by atoms with Crippen molar-refractivity contribution < 1.29 is 30.4 Å². The highest BCUT2D eigenvalue weighted by Gasteiger charge is 2.27. The van der Waals surface area contributed by atoms with Crippen LogP contribution >= 0.6 is 0 Å². The molecule has 0 saturated heterocycles. The Morgan fingerprint density at radius 1 is 0.700 bits per heavy atom. The molecular weight excluding hydrogens is 265 g/mol. The van der Waals surface area contributed by atoms with Gasteiger partial charge in [-0.25, -0.2) is 4.90 Å². The van der Waals surface area contributed by atoms with Gasteiger partial charge in [0.15, 0.2) is 0 Å². The van der Waals surface area contributed by atoms with Gasteiger partial charge in [0, 0.05) is 0 Å². The van der Waals surface area contributed by atoms with E-state index in [1.807, 2.05) is 20.8 Å². The summed E-state index contributed by atoms with van der Waals surface area (Å²) in [5.41, 5.74) is 0. The van der Waals surface area contributed by atoms with E-state index in [1.165, 1.54) is 4.90 Å². The number of nitrogens with zero attached hydrogens (tertiary/aromatic N) is 1. The Labute approximate surface area is 121 Å². The third-order valence-electron chi connectivity index (χ3n) is 2.67. The lowest BCUT2D eigenvalue weighted by Gasteiger charge is -2.35. The van der Waals surface area contributed by atoms with Crippen molar-refractivity contribution in [1.29, 1.82) is 0 Å². The van der Waals surface area contributed by atoms with Gasteiger partial charge in [-0.05, 0) is 19.3 Å². The molecule has 6 N–H and O–H groups in total. The van der Waals surface area contributed by atoms with Crippen LogP contribution in [0.1, 0.15) is 59.3 Å². The highest BCUT2D eigenvalue weighted by atomic mass is 16.5. The minimum Gasteiger partial charge on any atom is -0.402 e. The first-order valence-electron chi connectivity index (χ1n) is 7.17. The first kappa shape index (κ1) is 22.1. The Balaban J connectivity index is 0. The Bertz CT molecular complexity index is 179. The molecule has 0 aromatic rings. The summed E-state index contributed by atoms with van der Waals surface area (Å²) in [6, 6.07) is 0. The average Bonchev–Trinajstić information content (AvgIpc) is 2.29. The van der Waals surface area contributed by atoms with E-state index in [0.29, 0.717) is 19.3 Å². The van der Waals surface area contributed by atoms with Gasteiger partial charge in [0.2, 0.25) is 0 Å². The van der Waals surface area contributed by atoms with Crippen molar-refractivity contribution in [3.63, 3.8) is 0 Å². The van der Waals surface area contributed by atoms with Gasteiger partial charge in [0.1, 0.15) is 18.7 Å². The summed E-state index contributed by atoms with van der Waals surface area (Å²) in [4.78, 5) is 1.43. The molecule has 0 rings (SSSR count). The van der Waals surface area contributed by atoms with Crippen LogP contribution < -0.4 is 0 Å². The zero-order valence-electron chi connectivity index (χ0n) is 12.7. The summed E-state index contributed by atoms with van der Waals surface area (Å²) in [5.74, 6) is 0. The van der Waals surface area contributed by atoms with Gasteiger partial charge >= 0.3 is 7.32 Å². The lowest BCUT2D eigenvalue weighted by Crippen LogP contribution is -2.49. The first-order valence-corrected chi connectivity index (χ1v) is 7.17. The number of hydrogen-bond donors (Lipinski definition) is 6. The molecule has 3 atom stereocenters. The third kappa shape index (κ3) is 11.6. The van der Waals surface area contributed by atoms with Crippen LogP contribution in [-0.2, 0) is 0 Å². The molecule has 8 heteroatoms. The third-order valence-corrected chi connectivity index (χ3v) is 2.67. The molecule has 122 valence electrons. The Hall–Kier alpha value is -0.215. The number of aliphatic hydroxyl groups excluding tert-OH is 3. The van der Waals surface area contributed by atoms with Crippen LogP contribution in [0.3, 0.4) is 0 Å². The number of rotatable bonds is 9. The molecule has 0 fully saturated rings. The highest BCUT2D eigenvalue weighted by Crippen LogP contribution is 2.17. The minimum atomic E-state index is -2.17. The van der Waals surface area contributed by atoms with Crippen LogP contribution in [0.15, 0.2) is 0 Å². The van der Waals surface area contributed by atoms with Crippen molar-refractivity contribution in [2.45, 2.75) is 78.0 Å². The summed E-state index contributed by atoms with van der Waals surface area (Å²) in [5, 5.41) is 51.2. The topological polar surface area (TPSA) is 125 Å². The molecule has 3 unspecified atom stereocenters. The number of aliphatic hydroxyl groups is 3. The van der Waals surface area contributed by atoms with Crippen molar-refractivity contribution in [1.82, 2.24) is 4.90 Å². The standard InChI is InChI=1S/C12H27NO3.BH3O3/c1-4-7-10(14)13(11(15)8-5-2)12(16)9-6-3;2-1(3)4/h10-12,14-16H,4-9H2,1-3H3;2-4H. The van der Waals surface area contributed by atoms with Gasteiger partial charge in [-0.15, -0.1) is 0 Å². The summed E-state index contributed by atoms with van der Waals surface area (Å²) in [6.45, 7) is 5.92. The first-order chi connectivity index (χ1) is 9.31. The molecular formula is C12H30BNO6. The second-order valence-electron chi connectivity index (χ2n) is 4.60. The molecule has 0 aliphatic rings. The lowest BCUT2D eigenvalue weighted by atomic mass is 10.2. The van der Waals surface area contributed by atoms with E-state index >= 15 is 0 Å². The predicted octanol–water partition coefficient (Wildman–Crippen LogP) is -0.408. The van der Waals surface area contributed by atoms with E-state index < -0.39 is 26.0 Å². The lowest BCUT2D eigenvalue weighted by molar-refractivity contribution is -0.184. The molecule has 0 aromatic carbocycles. The maximum Gasteiger partial charge on any atom is 0.631 e. The maximum absolute atomic E-state index is 9.91. The second kappa shape index (κ2) is 13.8. The molecule has 0 aromatic heterocycles. The fourth-order valence-electron chi connectivity index (χ4n) is 1.82. The van der Waals surface area contributed by atoms with Crippen LogP contribution in [0.4, 0.5) is 0 Å². The molecule has 7 nitrogen and oxygen atoms in total. The van der Waals surface area contributed by atoms with E-state index in [-0.39, 0.29) is 0 Å². The molecule has 0 aliphatic heterocycles. The smallest absolute Gasteiger partial charge is 0.402 e. The van der Waals surface area contributed by atoms with Crippen molar-refractivity contribution in [2.24, 2.45) is 0 Å². The van der Waals surface area contributed by atoms with Gasteiger partial charge in [0.05, 0.1) is 0 Å². The maximum atomic E-state index is 9.91. The van der Waals surface area contributed by atoms with E-state index in [4.69, 9.17) is 15.1 Å². The quantitative estimate of drug-likeness (QED) is 0.252. The fourth-order valence-corrected chi connectivity index (χ4v) is 1.82. The Morgan fingerprint density at radius 3 is 1.05 bits per heavy atom. The van der Waals surface area contributed by atoms with Crippen molar-refractivity contribution in [3.8, 4) is 0 Å². The molecule has 20 heavy (non-hydrogen) atoms. The van der Waals surface area contributed by atoms with Gasteiger partial charge in [-0.3, -0.25) is 0 Å². The molecule has 0 radical (unpaired) electrons. The van der Waals surface area contributed by atoms with Crippen LogP contribution in [-0.4, -0.2) is 61.3 Å². The Morgan fingerprint density at radius 2 is 0.900 bits per heavy atom. The molecule has 0 spiro atoms. The largest absolute Gasteiger partial charge is 0.631 e. The molecule has 0 aliphatic carbocycles. The zero-order chi connectivity index (χ0) is 16.1. The monoisotopic (exact) mass is 295 g/mol. The van der Waals surface area contributed by atoms with E-state index in [9.17, 15) is 15.3 Å². The minimum absolute atomic E-state index is 0.571. The summed E-state index contributed by atoms with van der Waals surface area (Å²) in [6.07, 6.45) is 1.93. The van der Waals surface area contributed by atoms with Crippen molar-refractivity contribution in [3.05, 3.63) is 0 Å². The second-order valence-corrected chi connectivity index (χ2v) is 4.60. The molecule has 0 bridgehead atoms. The summed E-state index contributed by atoms with van der Waals surface area (Å²) >= 11 is 0. The fraction of sp³-hybridized carbons (Fsp3) is 1.00. The van der Waals surface area contributed by atoms with Gasteiger partial charge < -0.3 is 30.4 Å². The predicted molar refractivity (Wildman–Crippen MR) is 77.0 cm³/mol. The van der Waals surface area contributed by atoms with Crippen molar-refractivity contribution in [2.75, 3.05) is 0 Å². The van der Waals surface area contributed by atoms with Crippen LogP contribution in [0, 0.1) is 0 Å². The van der Waals surface area contributed by atoms with Gasteiger partial charge in [-0.1, -0.05) is 40.0 Å². The summed E-state index contributed by atoms with van der Waals surface area (Å²) in [7, 11) is -2.17. The average molecular weight is 295 g/mol. The van der Waals surface area contributed by atoms with E-state index in [1.54, 1.807) is 0 Å². The van der Waals surface area contributed by atoms with E-state index in [2.05, 4.69) is 0 Å². The van der Waals surface area contributed by atoms with Crippen LogP contribution in [0.5, 0.6) is 0 Å². The molecule has 0 saturated carbocycles. The summed E-state index contributed by atoms with van der Waals surface area (Å²) < 4.78 is 0. The zero-order valence-corrected chi connectivity index (χ0v) is 12.7. The van der Waals surface area contributed by atoms with Crippen LogP contribution in [0.2, 0.25) is 0 Å². The van der Waals surface area contributed by atoms with Gasteiger partial charge in [-0.2, -0.15) is 0 Å². The Kier molecular flexibility index (Phi) is 15.2. The van der Waals surface area contributed by atoms with E-state index in [0.717, 1.165) is 19.3 Å².